The van der Waals surface area contributed by atoms with Crippen LogP contribution >= 0.6 is 0 Å². The second-order valence-electron chi connectivity index (χ2n) is 6.12. The van der Waals surface area contributed by atoms with Crippen LogP contribution in [0.4, 0.5) is 5.69 Å². The molecular formula is C20H23NO4. The van der Waals surface area contributed by atoms with Gasteiger partial charge in [-0.05, 0) is 35.2 Å². The Morgan fingerprint density at radius 3 is 2.40 bits per heavy atom. The lowest BCUT2D eigenvalue weighted by molar-refractivity contribution is -0.141. The molecule has 5 heteroatoms. The lowest BCUT2D eigenvalue weighted by atomic mass is 10.0. The number of rotatable bonds is 8. The van der Waals surface area contributed by atoms with Gasteiger partial charge in [0.15, 0.2) is 0 Å². The second kappa shape index (κ2) is 8.99. The minimum atomic E-state index is -0.812. The molecule has 0 aliphatic heterocycles. The van der Waals surface area contributed by atoms with Crippen LogP contribution in [0.2, 0.25) is 0 Å². The monoisotopic (exact) mass is 341 g/mol. The molecule has 0 radical (unpaired) electrons. The first kappa shape index (κ1) is 18.7. The van der Waals surface area contributed by atoms with Crippen molar-refractivity contribution in [2.75, 3.05) is 12.4 Å². The molecule has 1 amide bonds. The highest BCUT2D eigenvalue weighted by Crippen LogP contribution is 2.14. The predicted octanol–water partition coefficient (Wildman–Crippen LogP) is 3.28. The van der Waals surface area contributed by atoms with Crippen LogP contribution in [-0.2, 0) is 33.8 Å². The van der Waals surface area contributed by atoms with E-state index in [9.17, 15) is 9.59 Å². The molecule has 2 aromatic rings. The van der Waals surface area contributed by atoms with Gasteiger partial charge in [0.25, 0.3) is 0 Å². The number of aliphatic carboxylic acids is 1. The van der Waals surface area contributed by atoms with Crippen LogP contribution in [0.3, 0.4) is 0 Å². The van der Waals surface area contributed by atoms with Gasteiger partial charge >= 0.3 is 5.97 Å². The standard InChI is InChI=1S/C20H23NO4/c1-14(20(23)24)10-15-6-8-18(9-7-15)21-19(22)12-16-4-3-5-17(11-16)13-25-2/h3-9,11,14H,10,12-13H2,1-2H3,(H,21,22)(H,23,24). The van der Waals surface area contributed by atoms with Gasteiger partial charge in [-0.3, -0.25) is 9.59 Å². The highest BCUT2D eigenvalue weighted by molar-refractivity contribution is 5.92. The van der Waals surface area contributed by atoms with Gasteiger partial charge in [0.05, 0.1) is 18.9 Å². The molecule has 0 aliphatic rings. The molecule has 0 heterocycles. The summed E-state index contributed by atoms with van der Waals surface area (Å²) in [5, 5.41) is 11.8. The number of anilines is 1. The quantitative estimate of drug-likeness (QED) is 0.773. The molecular weight excluding hydrogens is 318 g/mol. The van der Waals surface area contributed by atoms with Gasteiger partial charge in [0, 0.05) is 12.8 Å². The number of hydrogen-bond donors (Lipinski definition) is 2. The molecule has 0 fully saturated rings. The van der Waals surface area contributed by atoms with E-state index in [0.717, 1.165) is 16.7 Å². The van der Waals surface area contributed by atoms with Crippen molar-refractivity contribution in [2.24, 2.45) is 5.92 Å². The van der Waals surface area contributed by atoms with E-state index in [-0.39, 0.29) is 12.3 Å². The fraction of sp³-hybridized carbons (Fsp3) is 0.300. The SMILES string of the molecule is COCc1cccc(CC(=O)Nc2ccc(CC(C)C(=O)O)cc2)c1. The third-order valence-corrected chi connectivity index (χ3v) is 3.87. The van der Waals surface area contributed by atoms with Crippen LogP contribution in [0.25, 0.3) is 0 Å². The Labute approximate surface area is 147 Å². The zero-order valence-electron chi connectivity index (χ0n) is 14.5. The van der Waals surface area contributed by atoms with Gasteiger partial charge in [0.2, 0.25) is 5.91 Å². The summed E-state index contributed by atoms with van der Waals surface area (Å²) < 4.78 is 5.10. The van der Waals surface area contributed by atoms with Crippen LogP contribution in [0.15, 0.2) is 48.5 Å². The molecule has 0 saturated carbocycles. The molecule has 2 N–H and O–H groups in total. The first-order chi connectivity index (χ1) is 12.0. The molecule has 2 aromatic carbocycles. The molecule has 5 nitrogen and oxygen atoms in total. The smallest absolute Gasteiger partial charge is 0.306 e. The maximum Gasteiger partial charge on any atom is 0.306 e. The zero-order chi connectivity index (χ0) is 18.2. The minimum absolute atomic E-state index is 0.0961. The van der Waals surface area contributed by atoms with Gasteiger partial charge in [-0.25, -0.2) is 0 Å². The molecule has 0 saturated heterocycles. The van der Waals surface area contributed by atoms with E-state index in [1.54, 1.807) is 26.2 Å². The van der Waals surface area contributed by atoms with Gasteiger partial charge in [-0.15, -0.1) is 0 Å². The van der Waals surface area contributed by atoms with Crippen LogP contribution < -0.4 is 5.32 Å². The Bertz CT molecular complexity index is 725. The van der Waals surface area contributed by atoms with Crippen molar-refractivity contribution in [1.82, 2.24) is 0 Å². The Morgan fingerprint density at radius 2 is 1.76 bits per heavy atom. The summed E-state index contributed by atoms with van der Waals surface area (Å²) in [7, 11) is 1.64. The summed E-state index contributed by atoms with van der Waals surface area (Å²) in [4.78, 5) is 23.1. The second-order valence-corrected chi connectivity index (χ2v) is 6.12. The summed E-state index contributed by atoms with van der Waals surface area (Å²) in [5.74, 6) is -1.34. The van der Waals surface area contributed by atoms with Crippen LogP contribution in [-0.4, -0.2) is 24.1 Å². The van der Waals surface area contributed by atoms with Gasteiger partial charge < -0.3 is 15.2 Å². The third-order valence-electron chi connectivity index (χ3n) is 3.87. The van der Waals surface area contributed by atoms with E-state index < -0.39 is 11.9 Å². The molecule has 0 bridgehead atoms. The number of nitrogens with one attached hydrogen (secondary N) is 1. The lowest BCUT2D eigenvalue weighted by Gasteiger charge is -2.09. The van der Waals surface area contributed by atoms with Crippen molar-refractivity contribution in [3.8, 4) is 0 Å². The van der Waals surface area contributed by atoms with E-state index in [4.69, 9.17) is 9.84 Å². The van der Waals surface area contributed by atoms with E-state index in [1.807, 2.05) is 36.4 Å². The summed E-state index contributed by atoms with van der Waals surface area (Å²) in [5.41, 5.74) is 3.59. The summed E-state index contributed by atoms with van der Waals surface area (Å²) in [6.45, 7) is 2.20. The third kappa shape index (κ3) is 6.04. The van der Waals surface area contributed by atoms with Gasteiger partial charge in [-0.2, -0.15) is 0 Å². The van der Waals surface area contributed by atoms with Crippen molar-refractivity contribution in [2.45, 2.75) is 26.4 Å². The van der Waals surface area contributed by atoms with Crippen LogP contribution in [0, 0.1) is 5.92 Å². The van der Waals surface area contributed by atoms with Crippen molar-refractivity contribution in [3.05, 3.63) is 65.2 Å². The largest absolute Gasteiger partial charge is 0.481 e. The Balaban J connectivity index is 1.92. The topological polar surface area (TPSA) is 75.6 Å². The van der Waals surface area contributed by atoms with Crippen molar-refractivity contribution >= 4 is 17.6 Å². The van der Waals surface area contributed by atoms with Crippen molar-refractivity contribution in [1.29, 1.82) is 0 Å². The molecule has 0 aromatic heterocycles. The number of benzene rings is 2. The number of ether oxygens (including phenoxy) is 1. The lowest BCUT2D eigenvalue weighted by Crippen LogP contribution is -2.15. The van der Waals surface area contributed by atoms with Crippen LogP contribution in [0.1, 0.15) is 23.6 Å². The molecule has 0 aliphatic carbocycles. The van der Waals surface area contributed by atoms with E-state index in [0.29, 0.717) is 18.7 Å². The number of carboxylic acids is 1. The number of methoxy groups -OCH3 is 1. The molecule has 0 spiro atoms. The number of hydrogen-bond acceptors (Lipinski definition) is 3. The number of carbonyl (C=O) groups is 2. The minimum Gasteiger partial charge on any atom is -0.481 e. The van der Waals surface area contributed by atoms with E-state index >= 15 is 0 Å². The Kier molecular flexibility index (Phi) is 6.71. The maximum atomic E-state index is 12.2. The molecule has 25 heavy (non-hydrogen) atoms. The van der Waals surface area contributed by atoms with E-state index in [1.165, 1.54) is 0 Å². The molecule has 132 valence electrons. The summed E-state index contributed by atoms with van der Waals surface area (Å²) in [6.07, 6.45) is 0.755. The maximum absolute atomic E-state index is 12.2. The average Bonchev–Trinajstić information content (AvgIpc) is 2.57. The Hall–Kier alpha value is -2.66. The summed E-state index contributed by atoms with van der Waals surface area (Å²) in [6, 6.07) is 15.0. The fourth-order valence-corrected chi connectivity index (χ4v) is 2.55. The van der Waals surface area contributed by atoms with Crippen molar-refractivity contribution in [3.63, 3.8) is 0 Å². The van der Waals surface area contributed by atoms with Crippen molar-refractivity contribution < 1.29 is 19.4 Å². The van der Waals surface area contributed by atoms with Gasteiger partial charge in [-0.1, -0.05) is 43.3 Å². The average molecular weight is 341 g/mol. The normalized spacial score (nSPS) is 11.8. The van der Waals surface area contributed by atoms with Gasteiger partial charge in [0.1, 0.15) is 0 Å². The fourth-order valence-electron chi connectivity index (χ4n) is 2.55. The summed E-state index contributed by atoms with van der Waals surface area (Å²) >= 11 is 0. The van der Waals surface area contributed by atoms with Crippen LogP contribution in [0.5, 0.6) is 0 Å². The molecule has 1 unspecified atom stereocenters. The molecule has 2 rings (SSSR count). The number of carbonyl (C=O) groups excluding carboxylic acids is 1. The Morgan fingerprint density at radius 1 is 1.08 bits per heavy atom. The first-order valence-corrected chi connectivity index (χ1v) is 8.16. The highest BCUT2D eigenvalue weighted by atomic mass is 16.5. The predicted molar refractivity (Wildman–Crippen MR) is 96.4 cm³/mol. The van der Waals surface area contributed by atoms with E-state index in [2.05, 4.69) is 5.32 Å². The number of carboxylic acid groups (broad SMARTS) is 1. The number of amides is 1. The first-order valence-electron chi connectivity index (χ1n) is 8.16. The molecule has 1 atom stereocenters. The zero-order valence-corrected chi connectivity index (χ0v) is 14.5. The highest BCUT2D eigenvalue weighted by Gasteiger charge is 2.11.